The third-order valence-electron chi connectivity index (χ3n) is 2.65. The van der Waals surface area contributed by atoms with E-state index in [2.05, 4.69) is 22.6 Å². The van der Waals surface area contributed by atoms with Crippen LogP contribution in [0.3, 0.4) is 0 Å². The predicted octanol–water partition coefficient (Wildman–Crippen LogP) is 0.741. The summed E-state index contributed by atoms with van der Waals surface area (Å²) >= 11 is 0. The Bertz CT molecular complexity index is 327. The predicted molar refractivity (Wildman–Crippen MR) is 64.7 cm³/mol. The van der Waals surface area contributed by atoms with Crippen molar-refractivity contribution in [1.82, 2.24) is 20.3 Å². The molecule has 1 N–H and O–H groups in total. The lowest BCUT2D eigenvalue weighted by Crippen LogP contribution is -2.15. The van der Waals surface area contributed by atoms with Crippen molar-refractivity contribution < 1.29 is 9.47 Å². The normalized spacial score (nSPS) is 12.9. The Kier molecular flexibility index (Phi) is 6.10. The van der Waals surface area contributed by atoms with E-state index in [9.17, 15) is 0 Å². The molecule has 0 radical (unpaired) electrons. The highest BCUT2D eigenvalue weighted by molar-refractivity contribution is 5.09. The average molecular weight is 242 g/mol. The Morgan fingerprint density at radius 2 is 2.12 bits per heavy atom. The third kappa shape index (κ3) is 3.76. The van der Waals surface area contributed by atoms with E-state index < -0.39 is 0 Å². The lowest BCUT2D eigenvalue weighted by molar-refractivity contribution is 0.161. The van der Waals surface area contributed by atoms with Gasteiger partial charge < -0.3 is 14.8 Å². The molecule has 17 heavy (non-hydrogen) atoms. The van der Waals surface area contributed by atoms with Crippen LogP contribution in [0.25, 0.3) is 0 Å². The molecule has 0 amide bonds. The Morgan fingerprint density at radius 3 is 2.71 bits per heavy atom. The van der Waals surface area contributed by atoms with Gasteiger partial charge in [-0.3, -0.25) is 0 Å². The number of methoxy groups -OCH3 is 2. The van der Waals surface area contributed by atoms with Gasteiger partial charge in [0.05, 0.1) is 18.3 Å². The van der Waals surface area contributed by atoms with Gasteiger partial charge in [0.25, 0.3) is 0 Å². The van der Waals surface area contributed by atoms with E-state index in [1.54, 1.807) is 14.2 Å². The number of hydrogen-bond donors (Lipinski definition) is 1. The highest BCUT2D eigenvalue weighted by Crippen LogP contribution is 2.16. The largest absolute Gasteiger partial charge is 0.385 e. The molecule has 0 spiro atoms. The Hall–Kier alpha value is -0.980. The lowest BCUT2D eigenvalue weighted by Gasteiger charge is -2.14. The summed E-state index contributed by atoms with van der Waals surface area (Å²) in [6.07, 6.45) is 0.912. The average Bonchev–Trinajstić information content (AvgIpc) is 2.71. The number of aromatic nitrogens is 3. The fraction of sp³-hybridized carbons (Fsp3) is 0.818. The SMILES string of the molecule is CNCc1nnn(C(C)CCOC)c1COC. The topological polar surface area (TPSA) is 61.2 Å². The summed E-state index contributed by atoms with van der Waals surface area (Å²) in [5, 5.41) is 11.5. The molecular formula is C11H22N4O2. The minimum Gasteiger partial charge on any atom is -0.385 e. The summed E-state index contributed by atoms with van der Waals surface area (Å²) < 4.78 is 12.2. The van der Waals surface area contributed by atoms with Crippen LogP contribution in [0.4, 0.5) is 0 Å². The second kappa shape index (κ2) is 7.37. The first-order valence-corrected chi connectivity index (χ1v) is 5.80. The molecular weight excluding hydrogens is 220 g/mol. The molecule has 0 aromatic carbocycles. The van der Waals surface area contributed by atoms with Gasteiger partial charge in [-0.15, -0.1) is 5.10 Å². The minimum atomic E-state index is 0.262. The summed E-state index contributed by atoms with van der Waals surface area (Å²) in [7, 11) is 5.28. The molecule has 1 aromatic heterocycles. The molecule has 0 saturated heterocycles. The first kappa shape index (κ1) is 14.1. The molecule has 98 valence electrons. The summed E-state index contributed by atoms with van der Waals surface area (Å²) in [5.74, 6) is 0. The zero-order valence-electron chi connectivity index (χ0n) is 11.1. The molecule has 1 heterocycles. The van der Waals surface area contributed by atoms with Crippen LogP contribution < -0.4 is 5.32 Å². The molecule has 0 aliphatic rings. The number of hydrogen-bond acceptors (Lipinski definition) is 5. The van der Waals surface area contributed by atoms with Crippen LogP contribution in [0, 0.1) is 0 Å². The third-order valence-corrected chi connectivity index (χ3v) is 2.65. The van der Waals surface area contributed by atoms with E-state index in [1.807, 2.05) is 11.7 Å². The number of nitrogens with one attached hydrogen (secondary N) is 1. The Morgan fingerprint density at radius 1 is 1.35 bits per heavy atom. The fourth-order valence-electron chi connectivity index (χ4n) is 1.70. The van der Waals surface area contributed by atoms with Crippen molar-refractivity contribution >= 4 is 0 Å². The summed E-state index contributed by atoms with van der Waals surface area (Å²) in [6.45, 7) is 4.06. The lowest BCUT2D eigenvalue weighted by atomic mass is 10.2. The van der Waals surface area contributed by atoms with E-state index >= 15 is 0 Å². The molecule has 0 aliphatic heterocycles. The molecule has 1 atom stereocenters. The van der Waals surface area contributed by atoms with Crippen LogP contribution in [0.15, 0.2) is 0 Å². The Balaban J connectivity index is 2.82. The maximum absolute atomic E-state index is 5.21. The summed E-state index contributed by atoms with van der Waals surface area (Å²) in [4.78, 5) is 0. The molecule has 0 aliphatic carbocycles. The van der Waals surface area contributed by atoms with E-state index in [0.29, 0.717) is 13.2 Å². The highest BCUT2D eigenvalue weighted by Gasteiger charge is 2.16. The summed E-state index contributed by atoms with van der Waals surface area (Å²) in [6, 6.07) is 0.262. The highest BCUT2D eigenvalue weighted by atomic mass is 16.5. The maximum Gasteiger partial charge on any atom is 0.102 e. The molecule has 6 heteroatoms. The molecule has 0 saturated carbocycles. The molecule has 1 aromatic rings. The van der Waals surface area contributed by atoms with E-state index in [0.717, 1.165) is 24.4 Å². The first-order valence-electron chi connectivity index (χ1n) is 5.80. The van der Waals surface area contributed by atoms with Gasteiger partial charge in [0.1, 0.15) is 5.69 Å². The van der Waals surface area contributed by atoms with Crippen LogP contribution in [0.5, 0.6) is 0 Å². The van der Waals surface area contributed by atoms with Crippen molar-refractivity contribution in [3.05, 3.63) is 11.4 Å². The smallest absolute Gasteiger partial charge is 0.102 e. The van der Waals surface area contributed by atoms with Gasteiger partial charge in [-0.1, -0.05) is 5.21 Å². The van der Waals surface area contributed by atoms with Crippen LogP contribution in [0.1, 0.15) is 30.8 Å². The van der Waals surface area contributed by atoms with Gasteiger partial charge in [0, 0.05) is 27.4 Å². The van der Waals surface area contributed by atoms with Crippen molar-refractivity contribution in [1.29, 1.82) is 0 Å². The standard InChI is InChI=1S/C11H22N4O2/c1-9(5-6-16-3)15-11(8-17-4)10(7-12-2)13-14-15/h9,12H,5-8H2,1-4H3. The number of rotatable bonds is 8. The van der Waals surface area contributed by atoms with Crippen molar-refractivity contribution in [3.8, 4) is 0 Å². The van der Waals surface area contributed by atoms with Gasteiger partial charge >= 0.3 is 0 Å². The van der Waals surface area contributed by atoms with Crippen LogP contribution in [0.2, 0.25) is 0 Å². The first-order chi connectivity index (χ1) is 8.24. The summed E-state index contributed by atoms with van der Waals surface area (Å²) in [5.41, 5.74) is 1.98. The molecule has 1 unspecified atom stereocenters. The maximum atomic E-state index is 5.21. The zero-order chi connectivity index (χ0) is 12.7. The number of nitrogens with zero attached hydrogens (tertiary/aromatic N) is 3. The second-order valence-corrected chi connectivity index (χ2v) is 4.02. The van der Waals surface area contributed by atoms with Crippen molar-refractivity contribution in [2.75, 3.05) is 27.9 Å². The van der Waals surface area contributed by atoms with Gasteiger partial charge in [-0.25, -0.2) is 4.68 Å². The van der Waals surface area contributed by atoms with E-state index in [4.69, 9.17) is 9.47 Å². The molecule has 0 fully saturated rings. The van der Waals surface area contributed by atoms with Crippen LogP contribution >= 0.6 is 0 Å². The quantitative estimate of drug-likeness (QED) is 0.728. The van der Waals surface area contributed by atoms with Crippen LogP contribution in [-0.4, -0.2) is 42.9 Å². The minimum absolute atomic E-state index is 0.262. The van der Waals surface area contributed by atoms with E-state index in [1.165, 1.54) is 0 Å². The second-order valence-electron chi connectivity index (χ2n) is 4.02. The van der Waals surface area contributed by atoms with Crippen LogP contribution in [-0.2, 0) is 22.6 Å². The monoisotopic (exact) mass is 242 g/mol. The van der Waals surface area contributed by atoms with Gasteiger partial charge in [0.15, 0.2) is 0 Å². The number of ether oxygens (including phenoxy) is 2. The van der Waals surface area contributed by atoms with Crippen molar-refractivity contribution in [3.63, 3.8) is 0 Å². The molecule has 0 bridgehead atoms. The Labute approximate surface area is 102 Å². The van der Waals surface area contributed by atoms with E-state index in [-0.39, 0.29) is 6.04 Å². The van der Waals surface area contributed by atoms with Crippen molar-refractivity contribution in [2.24, 2.45) is 0 Å². The van der Waals surface area contributed by atoms with Gasteiger partial charge in [-0.05, 0) is 20.4 Å². The van der Waals surface area contributed by atoms with Crippen molar-refractivity contribution in [2.45, 2.75) is 32.5 Å². The zero-order valence-corrected chi connectivity index (χ0v) is 11.1. The molecule has 1 rings (SSSR count). The molecule has 6 nitrogen and oxygen atoms in total. The van der Waals surface area contributed by atoms with Gasteiger partial charge in [0.2, 0.25) is 0 Å². The van der Waals surface area contributed by atoms with Gasteiger partial charge in [-0.2, -0.15) is 0 Å². The fourth-order valence-corrected chi connectivity index (χ4v) is 1.70.